The third-order valence-corrected chi connectivity index (χ3v) is 5.44. The van der Waals surface area contributed by atoms with Crippen molar-refractivity contribution >= 4 is 17.0 Å². The van der Waals surface area contributed by atoms with E-state index < -0.39 is 5.60 Å². The molecule has 0 atom stereocenters. The highest BCUT2D eigenvalue weighted by atomic mass is 16.6. The van der Waals surface area contributed by atoms with Crippen molar-refractivity contribution < 1.29 is 14.6 Å². The predicted molar refractivity (Wildman–Crippen MR) is 131 cm³/mol. The van der Waals surface area contributed by atoms with Crippen LogP contribution in [0.5, 0.6) is 0 Å². The topological polar surface area (TPSA) is 64.3 Å². The van der Waals surface area contributed by atoms with Crippen molar-refractivity contribution in [1.29, 1.82) is 0 Å². The number of benzene rings is 3. The Morgan fingerprint density at radius 2 is 1.67 bits per heavy atom. The van der Waals surface area contributed by atoms with Crippen LogP contribution >= 0.6 is 0 Å². The summed E-state index contributed by atoms with van der Waals surface area (Å²) < 4.78 is 7.82. The molecule has 5 heteroatoms. The van der Waals surface area contributed by atoms with Crippen LogP contribution < -0.4 is 0 Å². The fourth-order valence-corrected chi connectivity index (χ4v) is 3.95. The van der Waals surface area contributed by atoms with Crippen molar-refractivity contribution in [1.82, 2.24) is 9.55 Å². The Bertz CT molecular complexity index is 1250. The van der Waals surface area contributed by atoms with Crippen molar-refractivity contribution in [3.05, 3.63) is 89.7 Å². The maximum Gasteiger partial charge on any atom is 0.339 e. The van der Waals surface area contributed by atoms with Crippen molar-refractivity contribution in [2.75, 3.05) is 6.61 Å². The van der Waals surface area contributed by atoms with E-state index in [4.69, 9.17) is 9.72 Å². The highest BCUT2D eigenvalue weighted by Crippen LogP contribution is 2.27. The molecular weight excluding hydrogens is 412 g/mol. The smallest absolute Gasteiger partial charge is 0.339 e. The molecule has 1 heterocycles. The third-order valence-electron chi connectivity index (χ3n) is 5.44. The lowest BCUT2D eigenvalue weighted by Crippen LogP contribution is -2.24. The lowest BCUT2D eigenvalue weighted by atomic mass is 9.98. The van der Waals surface area contributed by atoms with Crippen molar-refractivity contribution in [3.8, 4) is 11.1 Å². The number of aliphatic hydroxyl groups excluding tert-OH is 1. The van der Waals surface area contributed by atoms with Crippen molar-refractivity contribution in [2.24, 2.45) is 0 Å². The molecule has 0 spiro atoms. The van der Waals surface area contributed by atoms with Gasteiger partial charge in [-0.2, -0.15) is 0 Å². The molecule has 1 aromatic heterocycles. The van der Waals surface area contributed by atoms with Crippen LogP contribution in [0.4, 0.5) is 0 Å². The molecule has 0 aliphatic rings. The van der Waals surface area contributed by atoms with Crippen LogP contribution in [0.2, 0.25) is 0 Å². The number of aromatic nitrogens is 2. The Labute approximate surface area is 194 Å². The molecule has 5 nitrogen and oxygen atoms in total. The molecule has 0 radical (unpaired) electrons. The Kier molecular flexibility index (Phi) is 6.61. The van der Waals surface area contributed by atoms with Gasteiger partial charge in [-0.25, -0.2) is 9.78 Å². The summed E-state index contributed by atoms with van der Waals surface area (Å²) in [5.74, 6) is 0.658. The number of esters is 1. The van der Waals surface area contributed by atoms with E-state index in [2.05, 4.69) is 22.8 Å². The Morgan fingerprint density at radius 1 is 0.970 bits per heavy atom. The second-order valence-corrected chi connectivity index (χ2v) is 9.17. The lowest BCUT2D eigenvalue weighted by Gasteiger charge is -2.20. The number of carbonyl (C=O) groups is 1. The van der Waals surface area contributed by atoms with E-state index in [0.717, 1.165) is 40.0 Å². The molecule has 170 valence electrons. The van der Waals surface area contributed by atoms with Gasteiger partial charge in [0.25, 0.3) is 0 Å². The molecule has 0 saturated carbocycles. The Morgan fingerprint density at radius 3 is 2.39 bits per heavy atom. The molecule has 1 N–H and O–H groups in total. The number of hydrogen-bond donors (Lipinski definition) is 1. The van der Waals surface area contributed by atoms with Gasteiger partial charge in [0, 0.05) is 19.6 Å². The van der Waals surface area contributed by atoms with Gasteiger partial charge in [0.1, 0.15) is 11.4 Å². The first-order valence-electron chi connectivity index (χ1n) is 11.3. The summed E-state index contributed by atoms with van der Waals surface area (Å²) in [5, 5.41) is 9.28. The molecule has 0 aliphatic carbocycles. The van der Waals surface area contributed by atoms with Gasteiger partial charge in [-0.15, -0.1) is 0 Å². The van der Waals surface area contributed by atoms with Gasteiger partial charge in [-0.1, -0.05) is 54.6 Å². The molecule has 0 bridgehead atoms. The van der Waals surface area contributed by atoms with Gasteiger partial charge in [-0.3, -0.25) is 0 Å². The zero-order valence-corrected chi connectivity index (χ0v) is 19.4. The highest BCUT2D eigenvalue weighted by Gasteiger charge is 2.20. The Balaban J connectivity index is 1.62. The summed E-state index contributed by atoms with van der Waals surface area (Å²) in [4.78, 5) is 17.5. The molecule has 0 unspecified atom stereocenters. The number of aliphatic hydroxyl groups is 1. The lowest BCUT2D eigenvalue weighted by molar-refractivity contribution is 0.00704. The van der Waals surface area contributed by atoms with E-state index in [9.17, 15) is 9.90 Å². The third kappa shape index (κ3) is 5.32. The van der Waals surface area contributed by atoms with Crippen LogP contribution in [-0.2, 0) is 17.7 Å². The monoisotopic (exact) mass is 442 g/mol. The number of para-hydroxylation sites is 2. The highest BCUT2D eigenvalue weighted by molar-refractivity contribution is 5.97. The SMILES string of the molecule is CC(C)(C)OC(=O)c1ccccc1-c1ccc(Cn2c(CCCO)nc3ccccc32)cc1. The van der Waals surface area contributed by atoms with E-state index in [1.165, 1.54) is 0 Å². The fraction of sp³-hybridized carbons (Fsp3) is 0.286. The zero-order valence-electron chi connectivity index (χ0n) is 19.4. The molecular formula is C28H30N2O3. The zero-order chi connectivity index (χ0) is 23.4. The number of rotatable bonds is 7. The number of carbonyl (C=O) groups excluding carboxylic acids is 1. The molecule has 0 saturated heterocycles. The molecule has 33 heavy (non-hydrogen) atoms. The van der Waals surface area contributed by atoms with Crippen molar-refractivity contribution in [2.45, 2.75) is 45.8 Å². The minimum Gasteiger partial charge on any atom is -0.456 e. The number of hydrogen-bond acceptors (Lipinski definition) is 4. The summed E-state index contributed by atoms with van der Waals surface area (Å²) in [7, 11) is 0. The molecule has 4 aromatic rings. The number of ether oxygens (including phenoxy) is 1. The summed E-state index contributed by atoms with van der Waals surface area (Å²) >= 11 is 0. The maximum absolute atomic E-state index is 12.7. The number of aryl methyl sites for hydroxylation is 1. The van der Waals surface area contributed by atoms with Gasteiger partial charge in [-0.05, 0) is 62.1 Å². The molecule has 3 aromatic carbocycles. The van der Waals surface area contributed by atoms with E-state index in [0.29, 0.717) is 18.5 Å². The molecule has 0 fully saturated rings. The van der Waals surface area contributed by atoms with Crippen molar-refractivity contribution in [3.63, 3.8) is 0 Å². The van der Waals surface area contributed by atoms with Gasteiger partial charge in [0.2, 0.25) is 0 Å². The summed E-state index contributed by atoms with van der Waals surface area (Å²) in [6.07, 6.45) is 1.41. The van der Waals surface area contributed by atoms with Gasteiger partial charge < -0.3 is 14.4 Å². The first-order chi connectivity index (χ1) is 15.9. The number of imidazole rings is 1. The van der Waals surface area contributed by atoms with E-state index in [1.807, 2.05) is 75.4 Å². The maximum atomic E-state index is 12.7. The van der Waals surface area contributed by atoms with Crippen LogP contribution in [0.1, 0.15) is 48.9 Å². The number of nitrogens with zero attached hydrogens (tertiary/aromatic N) is 2. The average molecular weight is 443 g/mol. The molecule has 0 aliphatic heterocycles. The second kappa shape index (κ2) is 9.59. The van der Waals surface area contributed by atoms with Crippen LogP contribution in [0, 0.1) is 0 Å². The summed E-state index contributed by atoms with van der Waals surface area (Å²) in [6.45, 7) is 6.45. The quantitative estimate of drug-likeness (QED) is 0.377. The summed E-state index contributed by atoms with van der Waals surface area (Å²) in [5.41, 5.74) is 5.04. The fourth-order valence-electron chi connectivity index (χ4n) is 3.95. The standard InChI is InChI=1S/C28H30N2O3/c1-28(2,3)33-27(32)23-10-5-4-9-22(23)21-16-14-20(15-17-21)19-30-25-12-7-6-11-24(25)29-26(30)13-8-18-31/h4-7,9-12,14-17,31H,8,13,18-19H2,1-3H3. The van der Waals surface area contributed by atoms with Crippen LogP contribution in [0.15, 0.2) is 72.8 Å². The molecule has 4 rings (SSSR count). The average Bonchev–Trinajstić information content (AvgIpc) is 3.14. The second-order valence-electron chi connectivity index (χ2n) is 9.17. The predicted octanol–water partition coefficient (Wildman–Crippen LogP) is 5.63. The minimum atomic E-state index is -0.546. The van der Waals surface area contributed by atoms with E-state index in [1.54, 1.807) is 0 Å². The van der Waals surface area contributed by atoms with E-state index in [-0.39, 0.29) is 12.6 Å². The first kappa shape index (κ1) is 22.7. The van der Waals surface area contributed by atoms with Crippen LogP contribution in [0.25, 0.3) is 22.2 Å². The molecule has 0 amide bonds. The van der Waals surface area contributed by atoms with Crippen LogP contribution in [0.3, 0.4) is 0 Å². The van der Waals surface area contributed by atoms with Gasteiger partial charge in [0.15, 0.2) is 0 Å². The van der Waals surface area contributed by atoms with Gasteiger partial charge in [0.05, 0.1) is 16.6 Å². The number of fused-ring (bicyclic) bond motifs is 1. The largest absolute Gasteiger partial charge is 0.456 e. The van der Waals surface area contributed by atoms with E-state index >= 15 is 0 Å². The minimum absolute atomic E-state index is 0.148. The first-order valence-corrected chi connectivity index (χ1v) is 11.3. The summed E-state index contributed by atoms with van der Waals surface area (Å²) in [6, 6.07) is 23.9. The van der Waals surface area contributed by atoms with Gasteiger partial charge >= 0.3 is 5.97 Å². The Hall–Kier alpha value is -3.44. The van der Waals surface area contributed by atoms with Crippen LogP contribution in [-0.4, -0.2) is 32.8 Å². The normalized spacial score (nSPS) is 11.6.